The van der Waals surface area contributed by atoms with Gasteiger partial charge in [0.05, 0.1) is 28.4 Å². The van der Waals surface area contributed by atoms with Crippen molar-refractivity contribution in [1.82, 2.24) is 25.1 Å². The Hall–Kier alpha value is -2.29. The number of pyridine rings is 2. The van der Waals surface area contributed by atoms with Crippen molar-refractivity contribution in [2.24, 2.45) is 5.92 Å². The predicted octanol–water partition coefficient (Wildman–Crippen LogP) is 2.79. The Morgan fingerprint density at radius 2 is 2.17 bits per heavy atom. The van der Waals surface area contributed by atoms with Gasteiger partial charge in [-0.25, -0.2) is 14.1 Å². The summed E-state index contributed by atoms with van der Waals surface area (Å²) in [7, 11) is 0. The van der Waals surface area contributed by atoms with Crippen molar-refractivity contribution >= 4 is 28.5 Å². The molecular formula is C20H24ClFN6O. The fraction of sp³-hybridized carbons (Fsp3) is 0.450. The molecule has 0 aromatic carbocycles. The number of hydrogen-bond donors (Lipinski definition) is 2. The number of hydrogen-bond acceptors (Lipinski definition) is 6. The summed E-state index contributed by atoms with van der Waals surface area (Å²) >= 11 is 6.37. The molecule has 4 rings (SSSR count). The van der Waals surface area contributed by atoms with Crippen molar-refractivity contribution < 1.29 is 9.50 Å². The van der Waals surface area contributed by atoms with Gasteiger partial charge >= 0.3 is 0 Å². The van der Waals surface area contributed by atoms with E-state index in [0.29, 0.717) is 36.5 Å². The summed E-state index contributed by atoms with van der Waals surface area (Å²) in [5.74, 6) is 0.0447. The van der Waals surface area contributed by atoms with Crippen molar-refractivity contribution in [3.05, 3.63) is 41.4 Å². The summed E-state index contributed by atoms with van der Waals surface area (Å²) in [6.45, 7) is 7.60. The van der Waals surface area contributed by atoms with E-state index in [-0.39, 0.29) is 22.8 Å². The van der Waals surface area contributed by atoms with Gasteiger partial charge in [-0.15, -0.1) is 0 Å². The minimum atomic E-state index is -0.905. The number of fused-ring (bicyclic) bond motifs is 1. The van der Waals surface area contributed by atoms with Crippen LogP contribution in [0.1, 0.15) is 20.8 Å². The number of anilines is 1. The standard InChI is InChI=1S/C20H24ClFN6O/c1-12(2)20(3,29)17-11-27(8-7-24-17)18-13(21)9-14(22)19(26-18)28-16-5-4-6-23-15(16)10-25-28/h4-6,9-10,12,17,24,29H,7-8,11H2,1-3H3/t17-,20+/m0/s1. The molecule has 1 aliphatic rings. The molecule has 1 fully saturated rings. The van der Waals surface area contributed by atoms with Crippen LogP contribution < -0.4 is 10.2 Å². The third kappa shape index (κ3) is 3.56. The Kier molecular flexibility index (Phi) is 5.18. The first-order valence-corrected chi connectivity index (χ1v) is 10.0. The topological polar surface area (TPSA) is 79.1 Å². The van der Waals surface area contributed by atoms with Gasteiger partial charge in [-0.3, -0.25) is 4.98 Å². The van der Waals surface area contributed by atoms with E-state index in [1.54, 1.807) is 18.5 Å². The lowest BCUT2D eigenvalue weighted by Crippen LogP contribution is -2.62. The van der Waals surface area contributed by atoms with E-state index < -0.39 is 11.4 Å². The Morgan fingerprint density at radius 1 is 1.38 bits per heavy atom. The third-order valence-corrected chi connectivity index (χ3v) is 6.06. The average Bonchev–Trinajstić information content (AvgIpc) is 3.12. The maximum Gasteiger partial charge on any atom is 0.192 e. The molecule has 0 spiro atoms. The van der Waals surface area contributed by atoms with Gasteiger partial charge in [-0.1, -0.05) is 25.4 Å². The Balaban J connectivity index is 1.73. The van der Waals surface area contributed by atoms with Crippen LogP contribution in [0, 0.1) is 11.7 Å². The van der Waals surface area contributed by atoms with E-state index >= 15 is 0 Å². The first-order valence-electron chi connectivity index (χ1n) is 9.65. The summed E-state index contributed by atoms with van der Waals surface area (Å²) in [6.07, 6.45) is 3.23. The molecule has 29 heavy (non-hydrogen) atoms. The first-order chi connectivity index (χ1) is 13.8. The normalized spacial score (nSPS) is 19.7. The molecule has 1 aliphatic heterocycles. The molecule has 154 valence electrons. The average molecular weight is 419 g/mol. The van der Waals surface area contributed by atoms with Gasteiger partial charge in [0.2, 0.25) is 0 Å². The summed E-state index contributed by atoms with van der Waals surface area (Å²) in [5, 5.41) is 18.8. The maximum atomic E-state index is 14.8. The second-order valence-electron chi connectivity index (χ2n) is 7.90. The van der Waals surface area contributed by atoms with E-state index in [9.17, 15) is 9.50 Å². The number of nitrogens with zero attached hydrogens (tertiary/aromatic N) is 5. The molecule has 7 nitrogen and oxygen atoms in total. The van der Waals surface area contributed by atoms with Crippen LogP contribution in [-0.2, 0) is 0 Å². The molecular weight excluding hydrogens is 395 g/mol. The van der Waals surface area contributed by atoms with Gasteiger partial charge in [0.1, 0.15) is 11.3 Å². The highest BCUT2D eigenvalue weighted by Gasteiger charge is 2.38. The number of rotatable bonds is 4. The number of piperazine rings is 1. The molecule has 0 amide bonds. The monoisotopic (exact) mass is 418 g/mol. The highest BCUT2D eigenvalue weighted by Crippen LogP contribution is 2.31. The summed E-state index contributed by atoms with van der Waals surface area (Å²) in [6, 6.07) is 4.67. The molecule has 9 heteroatoms. The highest BCUT2D eigenvalue weighted by molar-refractivity contribution is 6.33. The minimum absolute atomic E-state index is 0.0649. The second-order valence-corrected chi connectivity index (χ2v) is 8.30. The molecule has 3 aromatic rings. The maximum absolute atomic E-state index is 14.8. The molecule has 2 atom stereocenters. The smallest absolute Gasteiger partial charge is 0.192 e. The van der Waals surface area contributed by atoms with E-state index in [1.807, 2.05) is 31.7 Å². The Morgan fingerprint density at radius 3 is 2.93 bits per heavy atom. The molecule has 4 heterocycles. The lowest BCUT2D eigenvalue weighted by Gasteiger charge is -2.43. The molecule has 0 saturated carbocycles. The molecule has 3 aromatic heterocycles. The second kappa shape index (κ2) is 7.51. The molecule has 0 aliphatic carbocycles. The van der Waals surface area contributed by atoms with Gasteiger partial charge in [0, 0.05) is 31.9 Å². The molecule has 2 N–H and O–H groups in total. The van der Waals surface area contributed by atoms with Crippen LogP contribution in [0.3, 0.4) is 0 Å². The van der Waals surface area contributed by atoms with Gasteiger partial charge < -0.3 is 15.3 Å². The largest absolute Gasteiger partial charge is 0.388 e. The first kappa shape index (κ1) is 20.0. The van der Waals surface area contributed by atoms with Crippen molar-refractivity contribution in [2.45, 2.75) is 32.4 Å². The molecule has 0 bridgehead atoms. The third-order valence-electron chi connectivity index (χ3n) is 5.78. The molecule has 0 unspecified atom stereocenters. The van der Waals surface area contributed by atoms with Gasteiger partial charge in [0.25, 0.3) is 0 Å². The number of nitrogens with one attached hydrogen (secondary N) is 1. The van der Waals surface area contributed by atoms with Crippen LogP contribution in [0.4, 0.5) is 10.2 Å². The van der Waals surface area contributed by atoms with Crippen LogP contribution in [-0.4, -0.2) is 56.1 Å². The van der Waals surface area contributed by atoms with Gasteiger partial charge in [0.15, 0.2) is 11.6 Å². The summed E-state index contributed by atoms with van der Waals surface area (Å²) in [5.41, 5.74) is 0.409. The van der Waals surface area contributed by atoms with Gasteiger partial charge in [-0.2, -0.15) is 5.10 Å². The zero-order valence-electron chi connectivity index (χ0n) is 16.6. The minimum Gasteiger partial charge on any atom is -0.388 e. The van der Waals surface area contributed by atoms with Crippen LogP contribution in [0.15, 0.2) is 30.6 Å². The highest BCUT2D eigenvalue weighted by atomic mass is 35.5. The zero-order chi connectivity index (χ0) is 20.8. The van der Waals surface area contributed by atoms with Crippen molar-refractivity contribution in [2.75, 3.05) is 24.5 Å². The van der Waals surface area contributed by atoms with Crippen LogP contribution >= 0.6 is 11.6 Å². The Bertz CT molecular complexity index is 1040. The molecule has 1 saturated heterocycles. The zero-order valence-corrected chi connectivity index (χ0v) is 17.4. The lowest BCUT2D eigenvalue weighted by molar-refractivity contribution is -0.0231. The lowest BCUT2D eigenvalue weighted by atomic mass is 9.84. The van der Waals surface area contributed by atoms with Gasteiger partial charge in [-0.05, 0) is 25.0 Å². The van der Waals surface area contributed by atoms with Crippen LogP contribution in [0.25, 0.3) is 16.9 Å². The molecule has 0 radical (unpaired) electrons. The predicted molar refractivity (Wildman–Crippen MR) is 111 cm³/mol. The number of aromatic nitrogens is 4. The summed E-state index contributed by atoms with van der Waals surface area (Å²) < 4.78 is 16.2. The van der Waals surface area contributed by atoms with Crippen molar-refractivity contribution in [3.8, 4) is 5.82 Å². The van der Waals surface area contributed by atoms with E-state index in [2.05, 4.69) is 20.4 Å². The van der Waals surface area contributed by atoms with E-state index in [4.69, 9.17) is 11.6 Å². The van der Waals surface area contributed by atoms with E-state index in [1.165, 1.54) is 10.7 Å². The quantitative estimate of drug-likeness (QED) is 0.678. The fourth-order valence-electron chi connectivity index (χ4n) is 3.58. The van der Waals surface area contributed by atoms with Crippen molar-refractivity contribution in [1.29, 1.82) is 0 Å². The number of halogens is 2. The fourth-order valence-corrected chi connectivity index (χ4v) is 3.84. The summed E-state index contributed by atoms with van der Waals surface area (Å²) in [4.78, 5) is 10.7. The SMILES string of the molecule is CC(C)[C@@](C)(O)[C@@H]1CN(c2nc(-n3ncc4ncccc43)c(F)cc2Cl)CCN1. The number of aliphatic hydroxyl groups is 1. The van der Waals surface area contributed by atoms with Crippen LogP contribution in [0.2, 0.25) is 5.02 Å². The van der Waals surface area contributed by atoms with Crippen molar-refractivity contribution in [3.63, 3.8) is 0 Å². The Labute approximate surface area is 173 Å². The van der Waals surface area contributed by atoms with Crippen LogP contribution in [0.5, 0.6) is 0 Å². The van der Waals surface area contributed by atoms with E-state index in [0.717, 1.165) is 0 Å².